The molecule has 1 rings (SSSR count). The van der Waals surface area contributed by atoms with Gasteiger partial charge < -0.3 is 11.6 Å². The molecular formula is C7H7BrClN3. The van der Waals surface area contributed by atoms with Crippen LogP contribution in [-0.4, -0.2) is 5.84 Å². The highest BCUT2D eigenvalue weighted by molar-refractivity contribution is 9.10. The molecule has 0 spiro atoms. The molecule has 3 nitrogen and oxygen atoms in total. The summed E-state index contributed by atoms with van der Waals surface area (Å²) in [6, 6.07) is 5.24. The molecule has 0 amide bonds. The van der Waals surface area contributed by atoms with Gasteiger partial charge in [0.05, 0.1) is 0 Å². The lowest BCUT2D eigenvalue weighted by Gasteiger charge is -2.00. The van der Waals surface area contributed by atoms with E-state index in [4.69, 9.17) is 23.2 Å². The van der Waals surface area contributed by atoms with Crippen molar-refractivity contribution >= 4 is 33.4 Å². The minimum atomic E-state index is 0.262. The number of halogens is 2. The summed E-state index contributed by atoms with van der Waals surface area (Å²) >= 11 is 9.04. The Morgan fingerprint density at radius 3 is 2.58 bits per heavy atom. The maximum Gasteiger partial charge on any atom is 0.150 e. The summed E-state index contributed by atoms with van der Waals surface area (Å²) in [5.41, 5.74) is 6.18. The monoisotopic (exact) mass is 247 g/mol. The first-order valence-corrected chi connectivity index (χ1v) is 4.30. The SMILES string of the molecule is N/N=C(/N)c1cc(Cl)cc(Br)c1. The van der Waals surface area contributed by atoms with Crippen molar-refractivity contribution in [3.05, 3.63) is 33.3 Å². The Bertz CT molecular complexity index is 304. The van der Waals surface area contributed by atoms with Crippen LogP contribution in [0.4, 0.5) is 0 Å². The third-order valence-corrected chi connectivity index (χ3v) is 1.97. The van der Waals surface area contributed by atoms with Crippen LogP contribution in [0.1, 0.15) is 5.56 Å². The molecule has 0 aromatic heterocycles. The van der Waals surface area contributed by atoms with E-state index in [9.17, 15) is 0 Å². The highest BCUT2D eigenvalue weighted by Gasteiger charge is 2.00. The Labute approximate surface area is 83.5 Å². The number of nitrogens with zero attached hydrogens (tertiary/aromatic N) is 1. The molecule has 0 saturated carbocycles. The van der Waals surface area contributed by atoms with Gasteiger partial charge in [-0.2, -0.15) is 5.10 Å². The molecule has 0 aliphatic carbocycles. The van der Waals surface area contributed by atoms with Crippen LogP contribution in [0.3, 0.4) is 0 Å². The van der Waals surface area contributed by atoms with E-state index in [1.165, 1.54) is 0 Å². The van der Waals surface area contributed by atoms with E-state index in [-0.39, 0.29) is 5.84 Å². The number of hydrogen-bond donors (Lipinski definition) is 2. The number of hydrazone groups is 1. The van der Waals surface area contributed by atoms with E-state index >= 15 is 0 Å². The van der Waals surface area contributed by atoms with Gasteiger partial charge in [-0.15, -0.1) is 0 Å². The first-order valence-electron chi connectivity index (χ1n) is 3.13. The highest BCUT2D eigenvalue weighted by Crippen LogP contribution is 2.19. The lowest BCUT2D eigenvalue weighted by molar-refractivity contribution is 1.23. The summed E-state index contributed by atoms with van der Waals surface area (Å²) < 4.78 is 0.844. The number of nitrogens with two attached hydrogens (primary N) is 2. The summed E-state index contributed by atoms with van der Waals surface area (Å²) in [7, 11) is 0. The Balaban J connectivity index is 3.17. The largest absolute Gasteiger partial charge is 0.382 e. The van der Waals surface area contributed by atoms with Crippen molar-refractivity contribution in [2.75, 3.05) is 0 Å². The zero-order valence-electron chi connectivity index (χ0n) is 6.09. The fourth-order valence-corrected chi connectivity index (χ4v) is 1.64. The minimum absolute atomic E-state index is 0.262. The topological polar surface area (TPSA) is 64.4 Å². The van der Waals surface area contributed by atoms with Gasteiger partial charge in [-0.05, 0) is 18.2 Å². The molecule has 5 heteroatoms. The van der Waals surface area contributed by atoms with Crippen LogP contribution in [0.2, 0.25) is 5.02 Å². The molecule has 0 saturated heterocycles. The molecule has 0 aliphatic rings. The van der Waals surface area contributed by atoms with Crippen LogP contribution in [-0.2, 0) is 0 Å². The predicted molar refractivity (Wildman–Crippen MR) is 54.1 cm³/mol. The van der Waals surface area contributed by atoms with Gasteiger partial charge in [0.2, 0.25) is 0 Å². The number of hydrogen-bond acceptors (Lipinski definition) is 2. The Morgan fingerprint density at radius 1 is 1.42 bits per heavy atom. The number of rotatable bonds is 1. The highest BCUT2D eigenvalue weighted by atomic mass is 79.9. The average Bonchev–Trinajstić information content (AvgIpc) is 2.01. The van der Waals surface area contributed by atoms with Crippen molar-refractivity contribution in [3.8, 4) is 0 Å². The molecule has 0 heterocycles. The standard InChI is InChI=1S/C7H7BrClN3/c8-5-1-4(7(10)12-11)2-6(9)3-5/h1-3H,11H2,(H2,10,12). The zero-order chi connectivity index (χ0) is 9.14. The normalized spacial score (nSPS) is 11.7. The molecule has 0 radical (unpaired) electrons. The van der Waals surface area contributed by atoms with Gasteiger partial charge in [0.25, 0.3) is 0 Å². The summed E-state index contributed by atoms with van der Waals surface area (Å²) in [5.74, 6) is 5.27. The van der Waals surface area contributed by atoms with E-state index in [0.29, 0.717) is 10.6 Å². The van der Waals surface area contributed by atoms with Gasteiger partial charge in [0.15, 0.2) is 0 Å². The van der Waals surface area contributed by atoms with Crippen molar-refractivity contribution in [2.24, 2.45) is 16.7 Å². The maximum atomic E-state index is 5.77. The molecule has 0 aliphatic heterocycles. The van der Waals surface area contributed by atoms with E-state index in [1.54, 1.807) is 18.2 Å². The van der Waals surface area contributed by atoms with Gasteiger partial charge in [-0.25, -0.2) is 0 Å². The van der Waals surface area contributed by atoms with E-state index in [0.717, 1.165) is 4.47 Å². The second kappa shape index (κ2) is 3.78. The van der Waals surface area contributed by atoms with Gasteiger partial charge in [-0.1, -0.05) is 27.5 Å². The summed E-state index contributed by atoms with van der Waals surface area (Å²) in [6.07, 6.45) is 0. The van der Waals surface area contributed by atoms with Crippen molar-refractivity contribution in [1.29, 1.82) is 0 Å². The average molecular weight is 249 g/mol. The lowest BCUT2D eigenvalue weighted by atomic mass is 10.2. The van der Waals surface area contributed by atoms with Crippen LogP contribution in [0, 0.1) is 0 Å². The molecule has 0 atom stereocenters. The van der Waals surface area contributed by atoms with Gasteiger partial charge in [0, 0.05) is 15.1 Å². The molecular weight excluding hydrogens is 241 g/mol. The smallest absolute Gasteiger partial charge is 0.150 e. The molecule has 1 aromatic carbocycles. The number of benzene rings is 1. The maximum absolute atomic E-state index is 5.77. The van der Waals surface area contributed by atoms with Crippen molar-refractivity contribution in [1.82, 2.24) is 0 Å². The van der Waals surface area contributed by atoms with Crippen LogP contribution in [0.15, 0.2) is 27.8 Å². The quantitative estimate of drug-likeness (QED) is 0.344. The number of amidine groups is 1. The van der Waals surface area contributed by atoms with E-state index in [1.807, 2.05) is 0 Å². The van der Waals surface area contributed by atoms with Crippen LogP contribution in [0.5, 0.6) is 0 Å². The fourth-order valence-electron chi connectivity index (χ4n) is 0.776. The zero-order valence-corrected chi connectivity index (χ0v) is 8.43. The van der Waals surface area contributed by atoms with Crippen LogP contribution in [0.25, 0.3) is 0 Å². The summed E-state index contributed by atoms with van der Waals surface area (Å²) in [5, 5.41) is 3.94. The van der Waals surface area contributed by atoms with Crippen molar-refractivity contribution in [3.63, 3.8) is 0 Å². The molecule has 0 fully saturated rings. The van der Waals surface area contributed by atoms with Crippen LogP contribution < -0.4 is 11.6 Å². The van der Waals surface area contributed by atoms with E-state index in [2.05, 4.69) is 21.0 Å². The first-order chi connectivity index (χ1) is 5.63. The Morgan fingerprint density at radius 2 is 2.08 bits per heavy atom. The van der Waals surface area contributed by atoms with Gasteiger partial charge in [-0.3, -0.25) is 0 Å². The Hall–Kier alpha value is -0.740. The molecule has 0 unspecified atom stereocenters. The molecule has 1 aromatic rings. The molecule has 64 valence electrons. The fraction of sp³-hybridized carbons (Fsp3) is 0. The lowest BCUT2D eigenvalue weighted by Crippen LogP contribution is -2.15. The Kier molecular flexibility index (Phi) is 2.94. The second-order valence-electron chi connectivity index (χ2n) is 2.17. The molecule has 0 bridgehead atoms. The van der Waals surface area contributed by atoms with Crippen molar-refractivity contribution < 1.29 is 0 Å². The third-order valence-electron chi connectivity index (χ3n) is 1.30. The summed E-state index contributed by atoms with van der Waals surface area (Å²) in [6.45, 7) is 0. The third kappa shape index (κ3) is 2.12. The summed E-state index contributed by atoms with van der Waals surface area (Å²) in [4.78, 5) is 0. The molecule has 12 heavy (non-hydrogen) atoms. The van der Waals surface area contributed by atoms with E-state index < -0.39 is 0 Å². The van der Waals surface area contributed by atoms with Crippen LogP contribution >= 0.6 is 27.5 Å². The molecule has 4 N–H and O–H groups in total. The van der Waals surface area contributed by atoms with Gasteiger partial charge in [0.1, 0.15) is 5.84 Å². The minimum Gasteiger partial charge on any atom is -0.382 e. The second-order valence-corrected chi connectivity index (χ2v) is 3.52. The van der Waals surface area contributed by atoms with Gasteiger partial charge >= 0.3 is 0 Å². The predicted octanol–water partition coefficient (Wildman–Crippen LogP) is 1.68. The van der Waals surface area contributed by atoms with Crippen molar-refractivity contribution in [2.45, 2.75) is 0 Å². The first kappa shape index (κ1) is 9.35.